The summed E-state index contributed by atoms with van der Waals surface area (Å²) in [6, 6.07) is 44.0. The predicted octanol–water partition coefficient (Wildman–Crippen LogP) is 8.54. The second-order valence-corrected chi connectivity index (χ2v) is 13.3. The molecule has 3 nitrogen and oxygen atoms in total. The third-order valence-corrected chi connectivity index (χ3v) is 10.5. The van der Waals surface area contributed by atoms with E-state index in [4.69, 9.17) is 14.3 Å². The molecule has 5 aromatic carbocycles. The molecule has 4 heteroatoms. The third-order valence-electron chi connectivity index (χ3n) is 10.5. The molecule has 1 saturated heterocycles. The van der Waals surface area contributed by atoms with Crippen LogP contribution in [-0.2, 0) is 14.7 Å². The van der Waals surface area contributed by atoms with E-state index in [1.165, 1.54) is 49.9 Å². The molecule has 0 atom stereocenters. The second kappa shape index (κ2) is 8.78. The first kappa shape index (κ1) is 25.9. The summed E-state index contributed by atoms with van der Waals surface area (Å²) in [6.07, 6.45) is 0. The number of hydrogen-bond acceptors (Lipinski definition) is 3. The van der Waals surface area contributed by atoms with Crippen molar-refractivity contribution >= 4 is 23.5 Å². The Bertz CT molecular complexity index is 2090. The zero-order chi connectivity index (χ0) is 29.8. The highest BCUT2D eigenvalue weighted by Gasteiger charge is 2.55. The first-order valence-corrected chi connectivity index (χ1v) is 15.5. The van der Waals surface area contributed by atoms with E-state index < -0.39 is 23.7 Å². The van der Waals surface area contributed by atoms with Crippen LogP contribution in [0.15, 0.2) is 121 Å². The number of rotatable bonds is 2. The molecule has 1 aliphatic heterocycles. The predicted molar refractivity (Wildman–Crippen MR) is 179 cm³/mol. The minimum atomic E-state index is -0.488. The molecular weight excluding hydrogens is 537 g/mol. The molecule has 3 aliphatic rings. The number of pyridine rings is 1. The minimum absolute atomic E-state index is 0.425. The fourth-order valence-corrected chi connectivity index (χ4v) is 7.82. The van der Waals surface area contributed by atoms with Crippen molar-refractivity contribution in [3.63, 3.8) is 0 Å². The SMILES string of the molecule is CC1(C)OB(c2ccc3c(c2)-c2c(-c4ccccc4)nc4ccccc4c2C32c3ccccc3-c3ccccc32)OC1(C)C. The fraction of sp³-hybridized carbons (Fsp3) is 0.175. The van der Waals surface area contributed by atoms with E-state index in [0.29, 0.717) is 0 Å². The Morgan fingerprint density at radius 2 is 1.14 bits per heavy atom. The lowest BCUT2D eigenvalue weighted by atomic mass is 9.69. The lowest BCUT2D eigenvalue weighted by Crippen LogP contribution is -2.41. The standard InChI is InChI=1S/C40H32BNO2/c1-38(2)39(3,4)44-41(43-38)26-22-23-33-30(24-26)35-36(29-18-10-13-21-34(29)42-37(35)25-14-6-5-7-15-25)40(33)31-19-11-8-16-27(31)28-17-9-12-20-32(28)40/h5-24H,1-4H3. The average Bonchev–Trinajstić information content (AvgIpc) is 3.60. The summed E-state index contributed by atoms with van der Waals surface area (Å²) in [5, 5.41) is 1.18. The molecule has 9 rings (SSSR count). The number of benzene rings is 5. The lowest BCUT2D eigenvalue weighted by molar-refractivity contribution is 0.00578. The number of fused-ring (bicyclic) bond motifs is 12. The van der Waals surface area contributed by atoms with Gasteiger partial charge in [-0.2, -0.15) is 0 Å². The van der Waals surface area contributed by atoms with Crippen molar-refractivity contribution in [2.24, 2.45) is 0 Å². The lowest BCUT2D eigenvalue weighted by Gasteiger charge is -2.32. The van der Waals surface area contributed by atoms with Gasteiger partial charge in [-0.1, -0.05) is 115 Å². The first-order valence-electron chi connectivity index (χ1n) is 15.5. The van der Waals surface area contributed by atoms with Crippen molar-refractivity contribution in [1.29, 1.82) is 0 Å². The number of aromatic nitrogens is 1. The molecule has 1 fully saturated rings. The molecule has 0 unspecified atom stereocenters. The Morgan fingerprint density at radius 3 is 1.82 bits per heavy atom. The van der Waals surface area contributed by atoms with Crippen LogP contribution in [0, 0.1) is 0 Å². The average molecular weight is 570 g/mol. The van der Waals surface area contributed by atoms with Crippen molar-refractivity contribution in [2.45, 2.75) is 44.3 Å². The molecule has 0 amide bonds. The molecule has 212 valence electrons. The van der Waals surface area contributed by atoms with Crippen molar-refractivity contribution in [3.05, 3.63) is 144 Å². The molecule has 0 bridgehead atoms. The quantitative estimate of drug-likeness (QED) is 0.196. The van der Waals surface area contributed by atoms with Gasteiger partial charge in [0.25, 0.3) is 0 Å². The minimum Gasteiger partial charge on any atom is -0.399 e. The van der Waals surface area contributed by atoms with Gasteiger partial charge in [0, 0.05) is 16.5 Å². The highest BCUT2D eigenvalue weighted by atomic mass is 16.7. The Hall–Kier alpha value is -4.51. The van der Waals surface area contributed by atoms with Crippen molar-refractivity contribution in [1.82, 2.24) is 4.98 Å². The van der Waals surface area contributed by atoms with Crippen LogP contribution in [0.4, 0.5) is 0 Å². The smallest absolute Gasteiger partial charge is 0.399 e. The summed E-state index contributed by atoms with van der Waals surface area (Å²) in [7, 11) is -0.456. The summed E-state index contributed by atoms with van der Waals surface area (Å²) in [5.74, 6) is 0. The second-order valence-electron chi connectivity index (χ2n) is 13.3. The third kappa shape index (κ3) is 3.22. The monoisotopic (exact) mass is 569 g/mol. The highest BCUT2D eigenvalue weighted by molar-refractivity contribution is 6.62. The molecule has 0 radical (unpaired) electrons. The zero-order valence-electron chi connectivity index (χ0n) is 25.4. The van der Waals surface area contributed by atoms with E-state index >= 15 is 0 Å². The van der Waals surface area contributed by atoms with Crippen LogP contribution in [0.25, 0.3) is 44.4 Å². The van der Waals surface area contributed by atoms with Crippen LogP contribution in [0.3, 0.4) is 0 Å². The topological polar surface area (TPSA) is 31.4 Å². The number of hydrogen-bond donors (Lipinski definition) is 0. The van der Waals surface area contributed by atoms with E-state index in [0.717, 1.165) is 22.2 Å². The Labute approximate surface area is 258 Å². The Kier molecular flexibility index (Phi) is 5.18. The van der Waals surface area contributed by atoms with E-state index in [2.05, 4.69) is 149 Å². The maximum absolute atomic E-state index is 6.57. The van der Waals surface area contributed by atoms with Gasteiger partial charge in [0.15, 0.2) is 0 Å². The van der Waals surface area contributed by atoms with Crippen molar-refractivity contribution in [3.8, 4) is 33.5 Å². The van der Waals surface area contributed by atoms with Crippen LogP contribution in [0.1, 0.15) is 49.9 Å². The molecule has 1 aromatic heterocycles. The Balaban J connectivity index is 1.44. The van der Waals surface area contributed by atoms with Gasteiger partial charge in [-0.25, -0.2) is 4.98 Å². The Morgan fingerprint density at radius 1 is 0.568 bits per heavy atom. The van der Waals surface area contributed by atoms with Gasteiger partial charge in [-0.3, -0.25) is 0 Å². The van der Waals surface area contributed by atoms with E-state index in [-0.39, 0.29) is 0 Å². The maximum atomic E-state index is 6.57. The zero-order valence-corrected chi connectivity index (χ0v) is 25.4. The van der Waals surface area contributed by atoms with E-state index in [1.54, 1.807) is 0 Å². The van der Waals surface area contributed by atoms with Gasteiger partial charge >= 0.3 is 7.12 Å². The summed E-state index contributed by atoms with van der Waals surface area (Å²) in [4.78, 5) is 5.39. The molecule has 1 spiro atoms. The molecule has 0 N–H and O–H groups in total. The van der Waals surface area contributed by atoms with E-state index in [9.17, 15) is 0 Å². The van der Waals surface area contributed by atoms with Gasteiger partial charge in [0.1, 0.15) is 0 Å². The first-order chi connectivity index (χ1) is 21.3. The molecule has 2 aliphatic carbocycles. The summed E-state index contributed by atoms with van der Waals surface area (Å²) in [6.45, 7) is 8.45. The molecule has 44 heavy (non-hydrogen) atoms. The van der Waals surface area contributed by atoms with Crippen LogP contribution >= 0.6 is 0 Å². The van der Waals surface area contributed by atoms with E-state index in [1.807, 2.05) is 0 Å². The summed E-state index contributed by atoms with van der Waals surface area (Å²) in [5.41, 5.74) is 13.0. The molecular formula is C40H32BNO2. The van der Waals surface area contributed by atoms with Gasteiger partial charge in [-0.15, -0.1) is 0 Å². The van der Waals surface area contributed by atoms with Crippen LogP contribution in [0.5, 0.6) is 0 Å². The van der Waals surface area contributed by atoms with Crippen LogP contribution in [-0.4, -0.2) is 23.3 Å². The van der Waals surface area contributed by atoms with Crippen molar-refractivity contribution in [2.75, 3.05) is 0 Å². The summed E-state index contributed by atoms with van der Waals surface area (Å²) < 4.78 is 13.1. The molecule has 0 saturated carbocycles. The highest BCUT2D eigenvalue weighted by Crippen LogP contribution is 2.65. The number of nitrogens with zero attached hydrogens (tertiary/aromatic N) is 1. The van der Waals surface area contributed by atoms with Crippen LogP contribution in [0.2, 0.25) is 0 Å². The van der Waals surface area contributed by atoms with Crippen LogP contribution < -0.4 is 5.46 Å². The largest absolute Gasteiger partial charge is 0.494 e. The van der Waals surface area contributed by atoms with Gasteiger partial charge < -0.3 is 9.31 Å². The van der Waals surface area contributed by atoms with Gasteiger partial charge in [-0.05, 0) is 78.2 Å². The summed E-state index contributed by atoms with van der Waals surface area (Å²) >= 11 is 0. The normalized spacial score (nSPS) is 17.9. The van der Waals surface area contributed by atoms with Gasteiger partial charge in [0.2, 0.25) is 0 Å². The number of para-hydroxylation sites is 1. The van der Waals surface area contributed by atoms with Crippen molar-refractivity contribution < 1.29 is 9.31 Å². The fourth-order valence-electron chi connectivity index (χ4n) is 7.82. The van der Waals surface area contributed by atoms with Gasteiger partial charge in [0.05, 0.1) is 27.8 Å². The molecule has 2 heterocycles. The maximum Gasteiger partial charge on any atom is 0.494 e. The molecule has 6 aromatic rings.